The molecule has 1 aliphatic rings. The van der Waals surface area contributed by atoms with Crippen molar-refractivity contribution in [2.75, 3.05) is 22.1 Å². The highest BCUT2D eigenvalue weighted by Gasteiger charge is 2.38. The van der Waals surface area contributed by atoms with Gasteiger partial charge < -0.3 is 15.4 Å². The van der Waals surface area contributed by atoms with Crippen LogP contribution in [0.1, 0.15) is 17.3 Å². The van der Waals surface area contributed by atoms with Crippen LogP contribution in [0.5, 0.6) is 5.75 Å². The Balaban J connectivity index is 1.43. The normalized spacial score (nSPS) is 13.3. The van der Waals surface area contributed by atoms with Crippen molar-refractivity contribution in [2.45, 2.75) is 6.92 Å². The number of nitrogens with zero attached hydrogens (tertiary/aromatic N) is 1. The maximum absolute atomic E-state index is 13.2. The SMILES string of the molecule is CCOc1ccc(NC(=O)c2ccc(NC3=C(Cl)C(=O)N(c4ccc(F)cc4)C3=O)cc2)cc1. The van der Waals surface area contributed by atoms with Crippen molar-refractivity contribution >= 4 is 46.4 Å². The fourth-order valence-corrected chi connectivity index (χ4v) is 3.50. The Morgan fingerprint density at radius 2 is 1.53 bits per heavy atom. The van der Waals surface area contributed by atoms with Crippen molar-refractivity contribution in [3.05, 3.63) is 94.9 Å². The monoisotopic (exact) mass is 479 g/mol. The zero-order valence-corrected chi connectivity index (χ0v) is 18.7. The van der Waals surface area contributed by atoms with Crippen LogP contribution in [0.25, 0.3) is 0 Å². The third kappa shape index (κ3) is 4.77. The standard InChI is InChI=1S/C25H19ClFN3O4/c1-2-34-20-13-9-18(10-14-20)29-23(31)15-3-7-17(8-4-15)28-22-21(26)24(32)30(25(22)33)19-11-5-16(27)6-12-19/h3-14,28H,2H2,1H3,(H,29,31). The van der Waals surface area contributed by atoms with Crippen LogP contribution < -0.4 is 20.3 Å². The van der Waals surface area contributed by atoms with Gasteiger partial charge in [0.1, 0.15) is 22.3 Å². The number of amides is 3. The molecule has 3 aromatic carbocycles. The Morgan fingerprint density at radius 3 is 2.15 bits per heavy atom. The van der Waals surface area contributed by atoms with Crippen LogP contribution in [-0.4, -0.2) is 24.3 Å². The summed E-state index contributed by atoms with van der Waals surface area (Å²) in [7, 11) is 0. The molecule has 172 valence electrons. The highest BCUT2D eigenvalue weighted by Crippen LogP contribution is 2.30. The summed E-state index contributed by atoms with van der Waals surface area (Å²) in [4.78, 5) is 38.7. The number of carbonyl (C=O) groups is 3. The van der Waals surface area contributed by atoms with E-state index in [1.807, 2.05) is 6.92 Å². The predicted molar refractivity (Wildman–Crippen MR) is 127 cm³/mol. The number of rotatable bonds is 7. The van der Waals surface area contributed by atoms with Crippen molar-refractivity contribution in [1.29, 1.82) is 0 Å². The Kier molecular flexibility index (Phi) is 6.60. The zero-order chi connectivity index (χ0) is 24.2. The molecule has 0 saturated carbocycles. The van der Waals surface area contributed by atoms with Crippen LogP contribution >= 0.6 is 11.6 Å². The third-order valence-corrected chi connectivity index (χ3v) is 5.30. The van der Waals surface area contributed by atoms with Gasteiger partial charge in [0.25, 0.3) is 17.7 Å². The van der Waals surface area contributed by atoms with Gasteiger partial charge in [-0.2, -0.15) is 0 Å². The molecule has 34 heavy (non-hydrogen) atoms. The first-order valence-corrected chi connectivity index (χ1v) is 10.7. The molecule has 0 aromatic heterocycles. The molecule has 7 nitrogen and oxygen atoms in total. The van der Waals surface area contributed by atoms with E-state index in [4.69, 9.17) is 16.3 Å². The lowest BCUT2D eigenvalue weighted by Gasteiger charge is -2.15. The van der Waals surface area contributed by atoms with E-state index < -0.39 is 17.6 Å². The Bertz CT molecular complexity index is 1270. The van der Waals surface area contributed by atoms with E-state index in [0.29, 0.717) is 29.3 Å². The van der Waals surface area contributed by atoms with Crippen LogP contribution in [-0.2, 0) is 9.59 Å². The van der Waals surface area contributed by atoms with Gasteiger partial charge in [0.15, 0.2) is 0 Å². The topological polar surface area (TPSA) is 87.7 Å². The van der Waals surface area contributed by atoms with Gasteiger partial charge in [-0.25, -0.2) is 9.29 Å². The molecule has 2 N–H and O–H groups in total. The Labute approximate surface area is 199 Å². The summed E-state index contributed by atoms with van der Waals surface area (Å²) in [5.41, 5.74) is 1.55. The van der Waals surface area contributed by atoms with Gasteiger partial charge in [-0.05, 0) is 79.7 Å². The average molecular weight is 480 g/mol. The number of hydrogen-bond donors (Lipinski definition) is 2. The number of nitrogens with one attached hydrogen (secondary N) is 2. The number of halogens is 2. The van der Waals surface area contributed by atoms with Gasteiger partial charge in [-0.15, -0.1) is 0 Å². The summed E-state index contributed by atoms with van der Waals surface area (Å²) in [6.45, 7) is 2.44. The van der Waals surface area contributed by atoms with Gasteiger partial charge in [0, 0.05) is 16.9 Å². The average Bonchev–Trinajstić information content (AvgIpc) is 3.04. The molecule has 0 saturated heterocycles. The highest BCUT2D eigenvalue weighted by molar-refractivity contribution is 6.53. The molecule has 1 heterocycles. The van der Waals surface area contributed by atoms with Gasteiger partial charge >= 0.3 is 0 Å². The van der Waals surface area contributed by atoms with E-state index in [-0.39, 0.29) is 22.3 Å². The van der Waals surface area contributed by atoms with Crippen molar-refractivity contribution in [3.8, 4) is 5.75 Å². The van der Waals surface area contributed by atoms with E-state index in [2.05, 4.69) is 10.6 Å². The van der Waals surface area contributed by atoms with Crippen LogP contribution in [0, 0.1) is 5.82 Å². The molecule has 0 fully saturated rings. The minimum absolute atomic E-state index is 0.109. The van der Waals surface area contributed by atoms with E-state index in [1.54, 1.807) is 48.5 Å². The van der Waals surface area contributed by atoms with E-state index in [0.717, 1.165) is 17.0 Å². The minimum Gasteiger partial charge on any atom is -0.494 e. The molecule has 0 spiro atoms. The van der Waals surface area contributed by atoms with Gasteiger partial charge in [0.2, 0.25) is 0 Å². The molecule has 3 aromatic rings. The summed E-state index contributed by atoms with van der Waals surface area (Å²) in [6, 6.07) is 18.2. The number of anilines is 3. The second-order valence-corrected chi connectivity index (χ2v) is 7.60. The molecule has 1 aliphatic heterocycles. The Morgan fingerprint density at radius 1 is 0.912 bits per heavy atom. The fraction of sp³-hybridized carbons (Fsp3) is 0.0800. The molecular formula is C25H19ClFN3O4. The van der Waals surface area contributed by atoms with Gasteiger partial charge in [-0.3, -0.25) is 14.4 Å². The molecular weight excluding hydrogens is 461 g/mol. The molecule has 0 bridgehead atoms. The molecule has 0 aliphatic carbocycles. The lowest BCUT2D eigenvalue weighted by molar-refractivity contribution is -0.120. The fourth-order valence-electron chi connectivity index (χ4n) is 3.29. The smallest absolute Gasteiger partial charge is 0.283 e. The van der Waals surface area contributed by atoms with Crippen molar-refractivity contribution in [3.63, 3.8) is 0 Å². The van der Waals surface area contributed by atoms with Crippen LogP contribution in [0.4, 0.5) is 21.5 Å². The van der Waals surface area contributed by atoms with Crippen molar-refractivity contribution < 1.29 is 23.5 Å². The number of carbonyl (C=O) groups excluding carboxylic acids is 3. The number of ether oxygens (including phenoxy) is 1. The number of benzene rings is 3. The maximum Gasteiger partial charge on any atom is 0.283 e. The van der Waals surface area contributed by atoms with Crippen LogP contribution in [0.3, 0.4) is 0 Å². The quantitative estimate of drug-likeness (QED) is 0.470. The van der Waals surface area contributed by atoms with Crippen molar-refractivity contribution in [2.24, 2.45) is 0 Å². The van der Waals surface area contributed by atoms with Gasteiger partial charge in [0.05, 0.1) is 12.3 Å². The first-order valence-electron chi connectivity index (χ1n) is 10.3. The first kappa shape index (κ1) is 23.0. The summed E-state index contributed by atoms with van der Waals surface area (Å²) in [5, 5.41) is 5.34. The first-order chi connectivity index (χ1) is 16.4. The molecule has 0 radical (unpaired) electrons. The molecule has 4 rings (SSSR count). The van der Waals surface area contributed by atoms with Gasteiger partial charge in [-0.1, -0.05) is 11.6 Å². The molecule has 3 amide bonds. The zero-order valence-electron chi connectivity index (χ0n) is 18.0. The molecule has 0 unspecified atom stereocenters. The number of imide groups is 1. The van der Waals surface area contributed by atoms with E-state index >= 15 is 0 Å². The van der Waals surface area contributed by atoms with E-state index in [9.17, 15) is 18.8 Å². The molecule has 9 heteroatoms. The molecule has 0 atom stereocenters. The maximum atomic E-state index is 13.2. The summed E-state index contributed by atoms with van der Waals surface area (Å²) in [5.74, 6) is -1.48. The summed E-state index contributed by atoms with van der Waals surface area (Å²) in [6.07, 6.45) is 0. The van der Waals surface area contributed by atoms with Crippen LogP contribution in [0.2, 0.25) is 0 Å². The Hall–Kier alpha value is -4.17. The lowest BCUT2D eigenvalue weighted by Crippen LogP contribution is -2.32. The third-order valence-electron chi connectivity index (χ3n) is 4.95. The predicted octanol–water partition coefficient (Wildman–Crippen LogP) is 4.91. The van der Waals surface area contributed by atoms with E-state index in [1.165, 1.54) is 12.1 Å². The second kappa shape index (κ2) is 9.76. The minimum atomic E-state index is -0.716. The van der Waals surface area contributed by atoms with Crippen molar-refractivity contribution in [1.82, 2.24) is 0 Å². The second-order valence-electron chi connectivity index (χ2n) is 7.22. The highest BCUT2D eigenvalue weighted by atomic mass is 35.5. The van der Waals surface area contributed by atoms with Crippen LogP contribution in [0.15, 0.2) is 83.5 Å². The summed E-state index contributed by atoms with van der Waals surface area (Å²) >= 11 is 6.11. The largest absolute Gasteiger partial charge is 0.494 e. The number of hydrogen-bond acceptors (Lipinski definition) is 5. The lowest BCUT2D eigenvalue weighted by atomic mass is 10.2. The summed E-state index contributed by atoms with van der Waals surface area (Å²) < 4.78 is 18.6.